The Morgan fingerprint density at radius 1 is 0.722 bits per heavy atom. The molecule has 14 N–H and O–H groups in total. The number of alkyl halides is 3. The molecule has 0 aliphatic heterocycles. The Kier molecular flexibility index (Phi) is 36.3. The first-order chi connectivity index (χ1) is 41.3. The van der Waals surface area contributed by atoms with Gasteiger partial charge in [-0.15, -0.1) is 26.3 Å². The predicted octanol–water partition coefficient (Wildman–Crippen LogP) is 11.6. The number of amides is 1. The number of aliphatic imine (C=N–C) groups is 1. The summed E-state index contributed by atoms with van der Waals surface area (Å²) in [6.45, 7) is 4.52. The van der Waals surface area contributed by atoms with E-state index in [1.54, 1.807) is 49.0 Å². The van der Waals surface area contributed by atoms with Crippen LogP contribution in [0.4, 0.5) is 51.6 Å². The van der Waals surface area contributed by atoms with Crippen LogP contribution in [0.15, 0.2) is 119 Å². The monoisotopic (exact) mass is 1410 g/mol. The molecule has 9 aromatic rings. The van der Waals surface area contributed by atoms with E-state index in [2.05, 4.69) is 67.2 Å². The number of anilines is 3. The fraction of sp³-hybridized carbons (Fsp3) is 0.208. The third-order valence-electron chi connectivity index (χ3n) is 9.73. The van der Waals surface area contributed by atoms with E-state index in [4.69, 9.17) is 41.3 Å². The van der Waals surface area contributed by atoms with Crippen molar-refractivity contribution >= 4 is 142 Å². The number of hydrogen-bond donors (Lipinski definition) is 7. The SMILES string of the molecule is CC(C)CCO.COc1ccc(F)c(N)c1.COc1ccc(F)c(NC(N)=S)c1.COc1ccc(F)c2nc(N)sc12.COc1ccc(F)c2ncsc12.CS(=O)(=O)OS(=O)(=O)C(F)(F)F.N.O.O=C(N=C=S)c1ccccc1.Oc1ccc(F)c2ncsc12. The van der Waals surface area contributed by atoms with Crippen LogP contribution in [0.1, 0.15) is 30.6 Å². The number of aromatic nitrogens is 3. The number of aliphatic hydroxyl groups is 1. The lowest BCUT2D eigenvalue weighted by atomic mass is 10.2. The molecule has 3 aromatic heterocycles. The Labute approximate surface area is 533 Å². The summed E-state index contributed by atoms with van der Waals surface area (Å²) in [5.41, 5.74) is 15.1. The van der Waals surface area contributed by atoms with E-state index in [-0.39, 0.29) is 74.5 Å². The highest BCUT2D eigenvalue weighted by Gasteiger charge is 2.49. The van der Waals surface area contributed by atoms with E-state index in [0.29, 0.717) is 61.1 Å². The second-order valence-corrected chi connectivity index (χ2v) is 23.2. The third-order valence-corrected chi connectivity index (χ3v) is 14.8. The maximum absolute atomic E-state index is 13.1. The zero-order valence-electron chi connectivity index (χ0n) is 48.0. The van der Waals surface area contributed by atoms with Crippen LogP contribution in [-0.4, -0.2) is 110 Å². The van der Waals surface area contributed by atoms with Crippen molar-refractivity contribution in [1.82, 2.24) is 21.1 Å². The maximum Gasteiger partial charge on any atom is 0.524 e. The van der Waals surface area contributed by atoms with Crippen molar-refractivity contribution in [3.8, 4) is 28.7 Å². The van der Waals surface area contributed by atoms with Crippen molar-refractivity contribution in [2.45, 2.75) is 25.8 Å². The molecular formula is C53H59F8N9O13S7. The molecule has 1 amide bonds. The molecule has 6 aromatic carbocycles. The number of thiazole rings is 3. The molecule has 0 unspecified atom stereocenters. The lowest BCUT2D eigenvalue weighted by molar-refractivity contribution is -0.0498. The number of carbonyl (C=O) groups excluding carboxylic acids is 1. The summed E-state index contributed by atoms with van der Waals surface area (Å²) in [5, 5.41) is 22.3. The largest absolute Gasteiger partial charge is 0.524 e. The van der Waals surface area contributed by atoms with Crippen LogP contribution >= 0.6 is 58.4 Å². The van der Waals surface area contributed by atoms with Crippen LogP contribution in [0, 0.1) is 35.0 Å². The summed E-state index contributed by atoms with van der Waals surface area (Å²) in [6.07, 6.45) is 1.12. The van der Waals surface area contributed by atoms with Gasteiger partial charge >= 0.3 is 15.6 Å². The van der Waals surface area contributed by atoms with Gasteiger partial charge in [-0.2, -0.15) is 35.0 Å². The van der Waals surface area contributed by atoms with Crippen LogP contribution < -0.4 is 47.6 Å². The highest BCUT2D eigenvalue weighted by atomic mass is 32.3. The minimum absolute atomic E-state index is 0. The molecule has 9 rings (SSSR count). The summed E-state index contributed by atoms with van der Waals surface area (Å²) in [5.74, 6) is 0.877. The summed E-state index contributed by atoms with van der Waals surface area (Å²) in [4.78, 5) is 25.8. The lowest BCUT2D eigenvalue weighted by Gasteiger charge is -2.06. The molecule has 3 heterocycles. The number of isothiocyanates is 1. The molecule has 37 heteroatoms. The Hall–Kier alpha value is -8.07. The molecule has 0 atom stereocenters. The number of aromatic hydroxyl groups is 1. The number of hydrogen-bond acceptors (Lipinski definition) is 23. The zero-order valence-corrected chi connectivity index (χ0v) is 53.8. The third kappa shape index (κ3) is 27.8. The van der Waals surface area contributed by atoms with E-state index in [9.17, 15) is 61.9 Å². The van der Waals surface area contributed by atoms with Crippen molar-refractivity contribution in [3.63, 3.8) is 0 Å². The minimum atomic E-state index is -6.04. The minimum Gasteiger partial charge on any atom is -0.506 e. The number of aliphatic hydroxyl groups excluding tert-OH is 1. The molecule has 0 aliphatic rings. The van der Waals surface area contributed by atoms with Crippen LogP contribution in [0.3, 0.4) is 0 Å². The van der Waals surface area contributed by atoms with E-state index in [1.165, 1.54) is 122 Å². The number of phenolic OH excluding ortho intramolecular Hbond substituents is 1. The van der Waals surface area contributed by atoms with Gasteiger partial charge in [-0.05, 0) is 110 Å². The number of nitrogen functional groups attached to an aromatic ring is 2. The fourth-order valence-corrected chi connectivity index (χ4v) is 9.89. The van der Waals surface area contributed by atoms with Crippen LogP contribution in [0.5, 0.6) is 28.7 Å². The second kappa shape index (κ2) is 39.8. The summed E-state index contributed by atoms with van der Waals surface area (Å²) in [6, 6.07) is 25.6. The number of nitrogens with zero attached hydrogens (tertiary/aromatic N) is 4. The molecule has 492 valence electrons. The van der Waals surface area contributed by atoms with Gasteiger partial charge in [0, 0.05) is 24.3 Å². The number of halogens is 8. The Morgan fingerprint density at radius 3 is 1.63 bits per heavy atom. The molecule has 0 fully saturated rings. The average Bonchev–Trinajstić information content (AvgIpc) is 1.68. The van der Waals surface area contributed by atoms with Gasteiger partial charge in [0.15, 0.2) is 27.7 Å². The highest BCUT2D eigenvalue weighted by molar-refractivity contribution is 7.99. The molecule has 90 heavy (non-hydrogen) atoms. The first-order valence-corrected chi connectivity index (χ1v) is 30.5. The number of methoxy groups -OCH3 is 4. The number of nitrogens with one attached hydrogen (secondary N) is 1. The number of fused-ring (bicyclic) bond motifs is 3. The van der Waals surface area contributed by atoms with Crippen molar-refractivity contribution in [2.75, 3.05) is 58.1 Å². The van der Waals surface area contributed by atoms with Gasteiger partial charge in [0.25, 0.3) is 16.0 Å². The second-order valence-electron chi connectivity index (χ2n) is 16.5. The Morgan fingerprint density at radius 2 is 1.20 bits per heavy atom. The van der Waals surface area contributed by atoms with E-state index in [1.807, 2.05) is 11.2 Å². The number of rotatable bonds is 10. The molecule has 0 radical (unpaired) electrons. The normalized spacial score (nSPS) is 10.3. The maximum atomic E-state index is 13.1. The Balaban J connectivity index is 0.00000101. The predicted molar refractivity (Wildman–Crippen MR) is 341 cm³/mol. The number of phenols is 1. The summed E-state index contributed by atoms with van der Waals surface area (Å²) < 4.78 is 163. The first kappa shape index (κ1) is 81.9. The van der Waals surface area contributed by atoms with E-state index < -0.39 is 37.4 Å². The number of nitrogens with two attached hydrogens (primary N) is 3. The number of carbonyl (C=O) groups is 1. The number of thiocarbonyl (C=S) groups is 2. The summed E-state index contributed by atoms with van der Waals surface area (Å²) >= 11 is 12.7. The van der Waals surface area contributed by atoms with Gasteiger partial charge in [0.1, 0.15) is 61.6 Å². The van der Waals surface area contributed by atoms with Gasteiger partial charge in [0.05, 0.1) is 71.7 Å². The van der Waals surface area contributed by atoms with Crippen molar-refractivity contribution in [3.05, 3.63) is 149 Å². The van der Waals surface area contributed by atoms with E-state index >= 15 is 0 Å². The molecule has 0 spiro atoms. The molecule has 0 saturated heterocycles. The van der Waals surface area contributed by atoms with Crippen molar-refractivity contribution in [1.29, 1.82) is 0 Å². The molecule has 0 saturated carbocycles. The van der Waals surface area contributed by atoms with Gasteiger partial charge in [-0.1, -0.05) is 43.4 Å². The van der Waals surface area contributed by atoms with Gasteiger partial charge in [-0.3, -0.25) is 4.79 Å². The summed E-state index contributed by atoms with van der Waals surface area (Å²) in [7, 11) is -4.62. The standard InChI is InChI=1S/C8H7FN2OS.C8H9FN2OS.C8H6FNOS.C8H5NOS.C7H4FNOS.C7H8FNO.C5H12O.C2H3F3O5S2.H3N.H2O/c1-12-5-3-2-4(9)6-7(5)13-8(10)11-6;1-12-5-2-3-6(9)7(4-5)11-8(10)13;1-11-6-3-2-5(9)7-8(6)12-4-10-7;10-8(9-6-11)7-4-2-1-3-5-7;8-4-1-2-5(10)7-6(4)9-3-11-7;1-10-5-2-3-6(8)7(9)4-5;1-5(2)3-4-6;1-11(6,7)10-12(8,9)2(3,4)5;;/h2-3H,1H3,(H2,10,11);2-4H,1H3,(H3,10,11,13);2-4H,1H3;1-5H;1-3,10H;2-4H,9H2,1H3;5-6H,3-4H2,1-2H3;1H3;1H3;1H2. The van der Waals surface area contributed by atoms with Crippen LogP contribution in [-0.2, 0) is 23.9 Å². The van der Waals surface area contributed by atoms with Gasteiger partial charge in [-0.25, -0.2) is 36.9 Å². The van der Waals surface area contributed by atoms with Crippen molar-refractivity contribution in [2.24, 2.45) is 16.6 Å². The zero-order chi connectivity index (χ0) is 66.5. The van der Waals surface area contributed by atoms with E-state index in [0.717, 1.165) is 11.1 Å². The average molecular weight is 1410 g/mol. The topological polar surface area (TPSA) is 380 Å². The Bertz CT molecular complexity index is 3960. The van der Waals surface area contributed by atoms with Gasteiger partial charge < -0.3 is 63.3 Å². The van der Waals surface area contributed by atoms with Gasteiger partial charge in [0.2, 0.25) is 0 Å². The smallest absolute Gasteiger partial charge is 0.506 e. The first-order valence-electron chi connectivity index (χ1n) is 23.9. The van der Waals surface area contributed by atoms with Crippen LogP contribution in [0.2, 0.25) is 0 Å². The molecule has 0 aliphatic carbocycles. The fourth-order valence-electron chi connectivity index (χ4n) is 5.74. The molecule has 22 nitrogen and oxygen atoms in total. The van der Waals surface area contributed by atoms with Crippen LogP contribution in [0.25, 0.3) is 30.6 Å². The van der Waals surface area contributed by atoms with Crippen molar-refractivity contribution < 1.29 is 95.0 Å². The number of ether oxygens (including phenoxy) is 4. The molecule has 0 bridgehead atoms. The highest BCUT2D eigenvalue weighted by Crippen LogP contribution is 2.34. The lowest BCUT2D eigenvalue weighted by Crippen LogP contribution is -2.27. The molecular weight excluding hydrogens is 1350 g/mol. The quantitative estimate of drug-likeness (QED) is 0.0220. The number of benzene rings is 6.